The molecule has 0 saturated carbocycles. The van der Waals surface area contributed by atoms with Crippen LogP contribution in [0.1, 0.15) is 26.6 Å². The molecule has 10 heteroatoms. The molecular formula is C17H13F3N4O2S. The van der Waals surface area contributed by atoms with Gasteiger partial charge in [-0.2, -0.15) is 18.3 Å². The Balaban J connectivity index is 2.02. The number of nitrogens with zero attached hydrogens (tertiary/aromatic N) is 3. The fraction of sp³-hybridized carbons (Fsp3) is 0.176. The van der Waals surface area contributed by atoms with Gasteiger partial charge in [-0.25, -0.2) is 9.67 Å². The molecule has 0 aliphatic carbocycles. The van der Waals surface area contributed by atoms with Crippen LogP contribution in [0.4, 0.5) is 18.3 Å². The van der Waals surface area contributed by atoms with E-state index in [1.165, 1.54) is 30.4 Å². The van der Waals surface area contributed by atoms with E-state index in [0.29, 0.717) is 10.8 Å². The van der Waals surface area contributed by atoms with E-state index in [2.05, 4.69) is 15.4 Å². The van der Waals surface area contributed by atoms with Crippen LogP contribution in [0.2, 0.25) is 0 Å². The first kappa shape index (κ1) is 18.8. The van der Waals surface area contributed by atoms with Crippen LogP contribution in [0.5, 0.6) is 0 Å². The first-order valence-corrected chi connectivity index (χ1v) is 8.49. The summed E-state index contributed by atoms with van der Waals surface area (Å²) in [5.41, 5.74) is -1.56. The van der Waals surface area contributed by atoms with Crippen molar-refractivity contribution in [1.29, 1.82) is 0 Å². The summed E-state index contributed by atoms with van der Waals surface area (Å²) in [4.78, 5) is 29.4. The number of anilines is 1. The molecule has 2 heterocycles. The summed E-state index contributed by atoms with van der Waals surface area (Å²) in [5.74, 6) is -0.782. The first-order valence-electron chi connectivity index (χ1n) is 7.67. The van der Waals surface area contributed by atoms with Crippen LogP contribution in [0.3, 0.4) is 0 Å². The Morgan fingerprint density at radius 2 is 1.96 bits per heavy atom. The van der Waals surface area contributed by atoms with Crippen molar-refractivity contribution in [3.63, 3.8) is 0 Å². The van der Waals surface area contributed by atoms with Gasteiger partial charge >= 0.3 is 6.18 Å². The monoisotopic (exact) mass is 394 g/mol. The van der Waals surface area contributed by atoms with Crippen molar-refractivity contribution in [2.45, 2.75) is 20.0 Å². The second-order valence-electron chi connectivity index (χ2n) is 5.69. The molecule has 140 valence electrons. The minimum Gasteiger partial charge on any atom is -0.296 e. The summed E-state index contributed by atoms with van der Waals surface area (Å²) >= 11 is 1.22. The highest BCUT2D eigenvalue weighted by Crippen LogP contribution is 2.30. The maximum Gasteiger partial charge on any atom is 0.416 e. The van der Waals surface area contributed by atoms with E-state index in [0.717, 1.165) is 27.8 Å². The zero-order valence-electron chi connectivity index (χ0n) is 14.2. The van der Waals surface area contributed by atoms with Gasteiger partial charge in [0.25, 0.3) is 5.91 Å². The van der Waals surface area contributed by atoms with Crippen LogP contribution >= 0.6 is 11.3 Å². The second kappa shape index (κ2) is 6.95. The number of alkyl halides is 3. The third-order valence-corrected chi connectivity index (χ3v) is 4.41. The average Bonchev–Trinajstić information content (AvgIpc) is 2.99. The fourth-order valence-electron chi connectivity index (χ4n) is 2.35. The van der Waals surface area contributed by atoms with E-state index >= 15 is 0 Å². The largest absolute Gasteiger partial charge is 0.416 e. The average molecular weight is 394 g/mol. The Morgan fingerprint density at radius 3 is 2.59 bits per heavy atom. The normalized spacial score (nSPS) is 11.4. The molecule has 2 aromatic heterocycles. The van der Waals surface area contributed by atoms with E-state index in [1.54, 1.807) is 13.1 Å². The van der Waals surface area contributed by atoms with Gasteiger partial charge in [-0.1, -0.05) is 6.07 Å². The van der Waals surface area contributed by atoms with E-state index in [-0.39, 0.29) is 5.69 Å². The van der Waals surface area contributed by atoms with Crippen molar-refractivity contribution in [3.8, 4) is 5.69 Å². The number of hydrogen-bond acceptors (Lipinski definition) is 5. The molecule has 6 nitrogen and oxygen atoms in total. The zero-order valence-corrected chi connectivity index (χ0v) is 15.0. The Hall–Kier alpha value is -3.01. The molecule has 0 aliphatic heterocycles. The molecule has 27 heavy (non-hydrogen) atoms. The highest BCUT2D eigenvalue weighted by molar-refractivity contribution is 7.15. The molecule has 0 unspecified atom stereocenters. The van der Waals surface area contributed by atoms with Gasteiger partial charge in [0, 0.05) is 22.8 Å². The highest BCUT2D eigenvalue weighted by atomic mass is 32.1. The van der Waals surface area contributed by atoms with Crippen LogP contribution in [0.25, 0.3) is 5.69 Å². The summed E-state index contributed by atoms with van der Waals surface area (Å²) in [6.07, 6.45) is -2.96. The number of rotatable bonds is 3. The smallest absolute Gasteiger partial charge is 0.296 e. The topological polar surface area (TPSA) is 76.9 Å². The van der Waals surface area contributed by atoms with Gasteiger partial charge in [0.05, 0.1) is 11.3 Å². The van der Waals surface area contributed by atoms with E-state index in [9.17, 15) is 22.8 Å². The lowest BCUT2D eigenvalue weighted by atomic mass is 10.2. The Bertz CT molecular complexity index is 1070. The fourth-order valence-corrected chi connectivity index (χ4v) is 3.01. The van der Waals surface area contributed by atoms with Crippen LogP contribution in [0, 0.1) is 13.8 Å². The van der Waals surface area contributed by atoms with Crippen LogP contribution in [0.15, 0.2) is 41.3 Å². The summed E-state index contributed by atoms with van der Waals surface area (Å²) < 4.78 is 40.0. The first-order chi connectivity index (χ1) is 12.6. The molecule has 0 radical (unpaired) electrons. The van der Waals surface area contributed by atoms with Gasteiger partial charge in [-0.15, -0.1) is 11.3 Å². The van der Waals surface area contributed by atoms with Crippen molar-refractivity contribution < 1.29 is 18.0 Å². The number of thiazole rings is 1. The number of aromatic nitrogens is 3. The van der Waals surface area contributed by atoms with Gasteiger partial charge in [0.15, 0.2) is 10.8 Å². The number of benzene rings is 1. The molecule has 0 atom stereocenters. The summed E-state index contributed by atoms with van der Waals surface area (Å²) in [5, 5.41) is 6.73. The summed E-state index contributed by atoms with van der Waals surface area (Å²) in [6, 6.07) is 5.62. The molecule has 1 amide bonds. The zero-order chi connectivity index (χ0) is 19.8. The number of aryl methyl sites for hydroxylation is 2. The van der Waals surface area contributed by atoms with E-state index in [1.807, 2.05) is 0 Å². The molecule has 1 aromatic carbocycles. The minimum absolute atomic E-state index is 0.0847. The molecule has 0 saturated heterocycles. The van der Waals surface area contributed by atoms with E-state index in [4.69, 9.17) is 0 Å². The van der Waals surface area contributed by atoms with Crippen molar-refractivity contribution in [2.75, 3.05) is 5.32 Å². The SMILES string of the molecule is Cc1cnc(NC(=O)c2nn(-c3cccc(C(F)(F)F)c3)c(C)cc2=O)s1. The quantitative estimate of drug-likeness (QED) is 0.737. The molecule has 0 aliphatic rings. The van der Waals surface area contributed by atoms with Crippen molar-refractivity contribution in [2.24, 2.45) is 0 Å². The molecule has 0 bridgehead atoms. The van der Waals surface area contributed by atoms with Crippen LogP contribution in [-0.4, -0.2) is 20.7 Å². The van der Waals surface area contributed by atoms with Crippen molar-refractivity contribution in [3.05, 3.63) is 68.6 Å². The predicted molar refractivity (Wildman–Crippen MR) is 94.4 cm³/mol. The number of amides is 1. The highest BCUT2D eigenvalue weighted by Gasteiger charge is 2.30. The molecule has 3 aromatic rings. The summed E-state index contributed by atoms with van der Waals surface area (Å²) in [6.45, 7) is 3.32. The third kappa shape index (κ3) is 4.05. The Labute approximate surface area is 155 Å². The van der Waals surface area contributed by atoms with Gasteiger partial charge < -0.3 is 0 Å². The van der Waals surface area contributed by atoms with Gasteiger partial charge in [0.2, 0.25) is 5.43 Å². The van der Waals surface area contributed by atoms with Crippen molar-refractivity contribution >= 4 is 22.4 Å². The number of nitrogens with one attached hydrogen (secondary N) is 1. The molecular weight excluding hydrogens is 381 g/mol. The molecule has 0 spiro atoms. The number of hydrogen-bond donors (Lipinski definition) is 1. The molecule has 1 N–H and O–H groups in total. The standard InChI is InChI=1S/C17H13F3N4O2S/c1-9-6-13(25)14(15(26)22-16-21-8-10(2)27-16)23-24(9)12-5-3-4-11(7-12)17(18,19)20/h3-8H,1-2H3,(H,21,22,26). The van der Waals surface area contributed by atoms with Crippen LogP contribution < -0.4 is 10.7 Å². The number of carbonyl (C=O) groups excluding carboxylic acids is 1. The molecule has 0 fully saturated rings. The lowest BCUT2D eigenvalue weighted by molar-refractivity contribution is -0.137. The lowest BCUT2D eigenvalue weighted by Crippen LogP contribution is -2.27. The summed E-state index contributed by atoms with van der Waals surface area (Å²) in [7, 11) is 0. The lowest BCUT2D eigenvalue weighted by Gasteiger charge is -2.13. The Morgan fingerprint density at radius 1 is 1.22 bits per heavy atom. The van der Waals surface area contributed by atoms with Crippen molar-refractivity contribution in [1.82, 2.24) is 14.8 Å². The number of carbonyl (C=O) groups is 1. The second-order valence-corrected chi connectivity index (χ2v) is 6.92. The minimum atomic E-state index is -4.52. The number of halogens is 3. The van der Waals surface area contributed by atoms with Crippen LogP contribution in [-0.2, 0) is 6.18 Å². The Kier molecular flexibility index (Phi) is 4.83. The maximum absolute atomic E-state index is 13.0. The van der Waals surface area contributed by atoms with Gasteiger partial charge in [0.1, 0.15) is 0 Å². The van der Waals surface area contributed by atoms with Gasteiger partial charge in [-0.05, 0) is 32.0 Å². The molecule has 3 rings (SSSR count). The van der Waals surface area contributed by atoms with Gasteiger partial charge in [-0.3, -0.25) is 14.9 Å². The maximum atomic E-state index is 13.0. The predicted octanol–water partition coefficient (Wildman–Crippen LogP) is 3.58. The third-order valence-electron chi connectivity index (χ3n) is 3.58. The van der Waals surface area contributed by atoms with E-state index < -0.39 is 28.8 Å².